The van der Waals surface area contributed by atoms with Crippen molar-refractivity contribution in [3.63, 3.8) is 0 Å². The van der Waals surface area contributed by atoms with E-state index in [1.165, 1.54) is 12.8 Å². The molecule has 5 fully saturated rings. The van der Waals surface area contributed by atoms with Crippen LogP contribution in [-0.2, 0) is 35.0 Å². The number of hydrogen-bond acceptors (Lipinski definition) is 7. The molecule has 3 aliphatic heterocycles. The van der Waals surface area contributed by atoms with Gasteiger partial charge in [-0.3, -0.25) is 0 Å². The average molecular weight is 517 g/mol. The Morgan fingerprint density at radius 2 is 1.41 bits per heavy atom. The first-order valence-electron chi connectivity index (χ1n) is 14.7. The summed E-state index contributed by atoms with van der Waals surface area (Å²) >= 11 is 0. The van der Waals surface area contributed by atoms with Gasteiger partial charge in [0, 0.05) is 25.7 Å². The summed E-state index contributed by atoms with van der Waals surface area (Å²) in [6, 6.07) is 8.17. The van der Waals surface area contributed by atoms with Crippen molar-refractivity contribution >= 4 is 0 Å². The van der Waals surface area contributed by atoms with Crippen LogP contribution in [-0.4, -0.2) is 55.5 Å². The monoisotopic (exact) mass is 516 g/mol. The van der Waals surface area contributed by atoms with Crippen molar-refractivity contribution in [2.75, 3.05) is 13.2 Å². The molecule has 2 spiro atoms. The van der Waals surface area contributed by atoms with Gasteiger partial charge in [-0.25, -0.2) is 0 Å². The van der Waals surface area contributed by atoms with Gasteiger partial charge in [0.25, 0.3) is 0 Å². The van der Waals surface area contributed by atoms with Gasteiger partial charge in [-0.1, -0.05) is 38.8 Å². The minimum atomic E-state index is -0.529. The van der Waals surface area contributed by atoms with Gasteiger partial charge >= 0.3 is 0 Å². The quantitative estimate of drug-likeness (QED) is 0.428. The van der Waals surface area contributed by atoms with Gasteiger partial charge in [0.1, 0.15) is 30.2 Å². The Hall–Kier alpha value is -1.22. The van der Waals surface area contributed by atoms with E-state index in [1.54, 1.807) is 0 Å². The van der Waals surface area contributed by atoms with Crippen molar-refractivity contribution in [1.82, 2.24) is 0 Å². The molecule has 0 amide bonds. The molecule has 3 heterocycles. The summed E-state index contributed by atoms with van der Waals surface area (Å²) in [6.07, 6.45) is 10.4. The Balaban J connectivity index is 1.09. The van der Waals surface area contributed by atoms with Crippen LogP contribution in [0.25, 0.3) is 0 Å². The van der Waals surface area contributed by atoms with Crippen molar-refractivity contribution in [3.8, 4) is 5.75 Å². The highest BCUT2D eigenvalue weighted by Crippen LogP contribution is 2.50. The number of benzene rings is 1. The third-order valence-corrected chi connectivity index (χ3v) is 8.64. The van der Waals surface area contributed by atoms with E-state index >= 15 is 0 Å². The Kier molecular flexibility index (Phi) is 7.81. The summed E-state index contributed by atoms with van der Waals surface area (Å²) in [6.45, 7) is 6.09. The average Bonchev–Trinajstić information content (AvgIpc) is 3.43. The van der Waals surface area contributed by atoms with E-state index in [9.17, 15) is 0 Å². The Bertz CT molecular complexity index is 874. The van der Waals surface area contributed by atoms with Gasteiger partial charge in [-0.15, -0.1) is 0 Å². The summed E-state index contributed by atoms with van der Waals surface area (Å²) in [4.78, 5) is 0. The van der Waals surface area contributed by atoms with E-state index in [0.29, 0.717) is 19.1 Å². The molecule has 0 unspecified atom stereocenters. The predicted octanol–water partition coefficient (Wildman–Crippen LogP) is 5.87. The predicted molar refractivity (Wildman–Crippen MR) is 137 cm³/mol. The van der Waals surface area contributed by atoms with Gasteiger partial charge in [-0.2, -0.15) is 0 Å². The second-order valence-electron chi connectivity index (χ2n) is 12.0. The molecule has 0 radical (unpaired) electrons. The van der Waals surface area contributed by atoms with Crippen molar-refractivity contribution in [2.45, 2.75) is 133 Å². The van der Waals surface area contributed by atoms with E-state index < -0.39 is 17.9 Å². The largest absolute Gasteiger partial charge is 0.494 e. The molecule has 7 heteroatoms. The van der Waals surface area contributed by atoms with Gasteiger partial charge in [0.2, 0.25) is 0 Å². The Morgan fingerprint density at radius 3 is 2.08 bits per heavy atom. The molecule has 2 aliphatic carbocycles. The lowest BCUT2D eigenvalue weighted by molar-refractivity contribution is -0.256. The van der Waals surface area contributed by atoms with Crippen molar-refractivity contribution in [3.05, 3.63) is 29.8 Å². The minimum absolute atomic E-state index is 0.186. The molecule has 1 aromatic rings. The van der Waals surface area contributed by atoms with Crippen LogP contribution in [0.15, 0.2) is 24.3 Å². The fourth-order valence-electron chi connectivity index (χ4n) is 6.56. The lowest BCUT2D eigenvalue weighted by atomic mass is 9.94. The van der Waals surface area contributed by atoms with Crippen LogP contribution in [0.2, 0.25) is 0 Å². The van der Waals surface area contributed by atoms with Crippen LogP contribution in [0.4, 0.5) is 0 Å². The Labute approximate surface area is 221 Å². The van der Waals surface area contributed by atoms with Gasteiger partial charge in [0.05, 0.1) is 19.8 Å². The molecule has 206 valence electrons. The molecule has 6 rings (SSSR count). The molecule has 37 heavy (non-hydrogen) atoms. The molecule has 5 aliphatic rings. The molecular weight excluding hydrogens is 472 g/mol. The van der Waals surface area contributed by atoms with Crippen LogP contribution < -0.4 is 4.74 Å². The topological polar surface area (TPSA) is 64.6 Å². The Morgan fingerprint density at radius 1 is 0.784 bits per heavy atom. The standard InChI is InChI=1S/C30H44O7/c1-21(2)13-18-32-23-11-9-22(10-12-23)19-31-20-24-25-26(35-29(34-25)14-5-3-6-15-29)27-28(33-24)37-30(36-27)16-7-4-8-17-30/h9-12,21,24-28H,3-8,13-20H2,1-2H3/t24-,25-,26-,27+,28+/m0/s1. The normalized spacial score (nSPS) is 34.1. The lowest BCUT2D eigenvalue weighted by Gasteiger charge is -2.37. The van der Waals surface area contributed by atoms with Crippen LogP contribution in [0.5, 0.6) is 5.75 Å². The number of ether oxygens (including phenoxy) is 7. The molecule has 0 N–H and O–H groups in total. The van der Waals surface area contributed by atoms with E-state index in [-0.39, 0.29) is 24.4 Å². The molecule has 3 saturated heterocycles. The first kappa shape index (κ1) is 26.0. The fraction of sp³-hybridized carbons (Fsp3) is 0.800. The molecule has 0 aromatic heterocycles. The lowest BCUT2D eigenvalue weighted by Crippen LogP contribution is -2.56. The van der Waals surface area contributed by atoms with Gasteiger partial charge < -0.3 is 33.2 Å². The SMILES string of the molecule is CC(C)CCOc1ccc(COC[C@@H]2O[C@@H]3OC4(CCCCC4)O[C@@H]3[C@H]3OC4(CCCCC4)O[C@H]32)cc1. The second kappa shape index (κ2) is 11.1. The highest BCUT2D eigenvalue weighted by molar-refractivity contribution is 5.26. The summed E-state index contributed by atoms with van der Waals surface area (Å²) in [5.74, 6) is 0.499. The van der Waals surface area contributed by atoms with E-state index in [4.69, 9.17) is 33.2 Å². The molecule has 0 bridgehead atoms. The maximum atomic E-state index is 6.72. The first-order chi connectivity index (χ1) is 18.0. The first-order valence-corrected chi connectivity index (χ1v) is 14.7. The highest BCUT2D eigenvalue weighted by atomic mass is 16.9. The van der Waals surface area contributed by atoms with Crippen LogP contribution in [0.1, 0.15) is 90.0 Å². The zero-order valence-electron chi connectivity index (χ0n) is 22.5. The van der Waals surface area contributed by atoms with Gasteiger partial charge in [0.15, 0.2) is 17.9 Å². The molecule has 5 atom stereocenters. The molecular formula is C30H44O7. The van der Waals surface area contributed by atoms with Crippen LogP contribution in [0, 0.1) is 5.92 Å². The minimum Gasteiger partial charge on any atom is -0.494 e. The zero-order valence-corrected chi connectivity index (χ0v) is 22.5. The molecule has 2 saturated carbocycles. The third-order valence-electron chi connectivity index (χ3n) is 8.64. The fourth-order valence-corrected chi connectivity index (χ4v) is 6.56. The van der Waals surface area contributed by atoms with Crippen molar-refractivity contribution in [1.29, 1.82) is 0 Å². The van der Waals surface area contributed by atoms with Crippen molar-refractivity contribution in [2.24, 2.45) is 5.92 Å². The summed E-state index contributed by atoms with van der Waals surface area (Å²) in [7, 11) is 0. The number of fused-ring (bicyclic) bond motifs is 3. The summed E-state index contributed by atoms with van der Waals surface area (Å²) < 4.78 is 45.0. The van der Waals surface area contributed by atoms with E-state index in [0.717, 1.165) is 75.7 Å². The van der Waals surface area contributed by atoms with E-state index in [2.05, 4.69) is 26.0 Å². The number of rotatable bonds is 8. The molecule has 1 aromatic carbocycles. The smallest absolute Gasteiger partial charge is 0.190 e. The van der Waals surface area contributed by atoms with Gasteiger partial charge in [-0.05, 0) is 55.7 Å². The number of hydrogen-bond donors (Lipinski definition) is 0. The molecule has 7 nitrogen and oxygen atoms in total. The van der Waals surface area contributed by atoms with Crippen LogP contribution >= 0.6 is 0 Å². The maximum absolute atomic E-state index is 6.72. The van der Waals surface area contributed by atoms with Crippen LogP contribution in [0.3, 0.4) is 0 Å². The second-order valence-corrected chi connectivity index (χ2v) is 12.0. The zero-order chi connectivity index (χ0) is 25.3. The summed E-state index contributed by atoms with van der Waals surface area (Å²) in [5.41, 5.74) is 1.11. The third kappa shape index (κ3) is 5.73. The summed E-state index contributed by atoms with van der Waals surface area (Å²) in [5, 5.41) is 0. The maximum Gasteiger partial charge on any atom is 0.190 e. The highest BCUT2D eigenvalue weighted by Gasteiger charge is 2.63. The van der Waals surface area contributed by atoms with E-state index in [1.807, 2.05) is 12.1 Å². The van der Waals surface area contributed by atoms with Crippen molar-refractivity contribution < 1.29 is 33.2 Å².